The van der Waals surface area contributed by atoms with Crippen LogP contribution in [0.1, 0.15) is 56.9 Å². The van der Waals surface area contributed by atoms with Crippen molar-refractivity contribution in [2.24, 2.45) is 0 Å². The fourth-order valence-corrected chi connectivity index (χ4v) is 2.89. The highest BCUT2D eigenvalue weighted by Gasteiger charge is 2.26. The van der Waals surface area contributed by atoms with Crippen molar-refractivity contribution in [1.82, 2.24) is 24.8 Å². The van der Waals surface area contributed by atoms with Crippen molar-refractivity contribution >= 4 is 0 Å². The monoisotopic (exact) mass is 287 g/mol. The topological polar surface area (TPSA) is 58.5 Å². The van der Waals surface area contributed by atoms with Crippen LogP contribution in [0.15, 0.2) is 18.6 Å². The number of hydrogen-bond acceptors (Lipinski definition) is 3. The highest BCUT2D eigenvalue weighted by molar-refractivity contribution is 5.17. The maximum absolute atomic E-state index is 4.92. The number of aryl methyl sites for hydroxylation is 1. The zero-order valence-electron chi connectivity index (χ0n) is 13.2. The molecule has 0 fully saturated rings. The van der Waals surface area contributed by atoms with Crippen LogP contribution < -0.4 is 5.32 Å². The lowest BCUT2D eigenvalue weighted by atomic mass is 9.93. The molecule has 3 rings (SSSR count). The molecule has 2 aromatic rings. The smallest absolute Gasteiger partial charge is 0.120 e. The largest absolute Gasteiger partial charge is 0.348 e. The number of aromatic nitrogens is 4. The third-order valence-electron chi connectivity index (χ3n) is 4.13. The van der Waals surface area contributed by atoms with E-state index < -0.39 is 0 Å². The van der Waals surface area contributed by atoms with Gasteiger partial charge in [0, 0.05) is 43.0 Å². The van der Waals surface area contributed by atoms with E-state index in [4.69, 9.17) is 4.98 Å². The predicted molar refractivity (Wildman–Crippen MR) is 83.2 cm³/mol. The van der Waals surface area contributed by atoms with Gasteiger partial charge in [0.25, 0.3) is 0 Å². The molecular formula is C16H25N5. The number of nitrogens with zero attached hydrogens (tertiary/aromatic N) is 3. The van der Waals surface area contributed by atoms with Gasteiger partial charge in [-0.05, 0) is 12.8 Å². The Balaban J connectivity index is 1.67. The number of aromatic amines is 1. The molecule has 5 heteroatoms. The van der Waals surface area contributed by atoms with Gasteiger partial charge in [-0.15, -0.1) is 0 Å². The van der Waals surface area contributed by atoms with Gasteiger partial charge < -0.3 is 14.9 Å². The maximum atomic E-state index is 4.92. The first-order chi connectivity index (χ1) is 10.0. The van der Waals surface area contributed by atoms with Crippen LogP contribution in [0.5, 0.6) is 0 Å². The summed E-state index contributed by atoms with van der Waals surface area (Å²) >= 11 is 0. The number of imidazole rings is 2. The van der Waals surface area contributed by atoms with Crippen LogP contribution in [0.4, 0.5) is 0 Å². The van der Waals surface area contributed by atoms with Gasteiger partial charge in [0.05, 0.1) is 12.2 Å². The molecule has 5 nitrogen and oxygen atoms in total. The fourth-order valence-electron chi connectivity index (χ4n) is 2.89. The van der Waals surface area contributed by atoms with Gasteiger partial charge in [-0.2, -0.15) is 0 Å². The van der Waals surface area contributed by atoms with E-state index in [1.807, 2.05) is 6.20 Å². The van der Waals surface area contributed by atoms with Crippen molar-refractivity contribution in [2.75, 3.05) is 6.54 Å². The van der Waals surface area contributed by atoms with Crippen molar-refractivity contribution in [3.8, 4) is 0 Å². The SMILES string of the molecule is CC(C)(C)c1cn2c(n1)[C@@H](CNCc1ncc[nH]1)CCC2. The molecule has 3 heterocycles. The molecule has 0 bridgehead atoms. The molecule has 0 aliphatic carbocycles. The molecule has 0 radical (unpaired) electrons. The van der Waals surface area contributed by atoms with Crippen molar-refractivity contribution in [2.45, 2.75) is 58.0 Å². The number of nitrogens with one attached hydrogen (secondary N) is 2. The van der Waals surface area contributed by atoms with Gasteiger partial charge in [-0.3, -0.25) is 0 Å². The first kappa shape index (κ1) is 14.3. The Labute approximate surface area is 126 Å². The number of rotatable bonds is 4. The van der Waals surface area contributed by atoms with E-state index >= 15 is 0 Å². The maximum Gasteiger partial charge on any atom is 0.120 e. The van der Waals surface area contributed by atoms with Crippen LogP contribution in [0.3, 0.4) is 0 Å². The van der Waals surface area contributed by atoms with Gasteiger partial charge in [-0.1, -0.05) is 20.8 Å². The minimum absolute atomic E-state index is 0.122. The number of hydrogen-bond donors (Lipinski definition) is 2. The lowest BCUT2D eigenvalue weighted by Crippen LogP contribution is -2.26. The van der Waals surface area contributed by atoms with E-state index in [-0.39, 0.29) is 5.41 Å². The minimum Gasteiger partial charge on any atom is -0.348 e. The van der Waals surface area contributed by atoms with Gasteiger partial charge in [0.1, 0.15) is 11.6 Å². The predicted octanol–water partition coefficient (Wildman–Crippen LogP) is 2.57. The Bertz CT molecular complexity index is 576. The highest BCUT2D eigenvalue weighted by Crippen LogP contribution is 2.30. The third-order valence-corrected chi connectivity index (χ3v) is 4.13. The standard InChI is InChI=1S/C16H25N5/c1-16(2,3)13-11-21-8-4-5-12(15(21)20-13)9-17-10-14-18-6-7-19-14/h6-7,11-12,17H,4-5,8-10H2,1-3H3,(H,18,19)/t12-/m1/s1. The zero-order chi connectivity index (χ0) is 14.9. The zero-order valence-corrected chi connectivity index (χ0v) is 13.2. The van der Waals surface area contributed by atoms with Crippen LogP contribution in [0, 0.1) is 0 Å². The fraction of sp³-hybridized carbons (Fsp3) is 0.625. The van der Waals surface area contributed by atoms with E-state index in [0.29, 0.717) is 5.92 Å². The Morgan fingerprint density at radius 1 is 1.43 bits per heavy atom. The molecule has 2 aromatic heterocycles. The Kier molecular flexibility index (Phi) is 3.85. The Morgan fingerprint density at radius 3 is 3.00 bits per heavy atom. The van der Waals surface area contributed by atoms with E-state index in [2.05, 4.69) is 46.8 Å². The summed E-state index contributed by atoms with van der Waals surface area (Å²) in [6, 6.07) is 0. The summed E-state index contributed by atoms with van der Waals surface area (Å²) in [4.78, 5) is 12.3. The molecule has 0 saturated carbocycles. The first-order valence-corrected chi connectivity index (χ1v) is 7.80. The first-order valence-electron chi connectivity index (χ1n) is 7.80. The molecule has 0 saturated heterocycles. The Hall–Kier alpha value is -1.62. The Morgan fingerprint density at radius 2 is 2.29 bits per heavy atom. The van der Waals surface area contributed by atoms with Crippen molar-refractivity contribution in [3.05, 3.63) is 35.9 Å². The summed E-state index contributed by atoms with van der Waals surface area (Å²) in [6.07, 6.45) is 8.35. The van der Waals surface area contributed by atoms with Crippen LogP contribution >= 0.6 is 0 Å². The average molecular weight is 287 g/mol. The van der Waals surface area contributed by atoms with Gasteiger partial charge in [-0.25, -0.2) is 9.97 Å². The molecule has 0 amide bonds. The molecule has 0 unspecified atom stereocenters. The molecule has 0 spiro atoms. The lowest BCUT2D eigenvalue weighted by Gasteiger charge is -2.23. The molecule has 114 valence electrons. The molecule has 21 heavy (non-hydrogen) atoms. The van der Waals surface area contributed by atoms with E-state index in [0.717, 1.165) is 25.5 Å². The van der Waals surface area contributed by atoms with Gasteiger partial charge in [0.2, 0.25) is 0 Å². The normalized spacial score (nSPS) is 18.7. The quantitative estimate of drug-likeness (QED) is 0.908. The van der Waals surface area contributed by atoms with Crippen molar-refractivity contribution in [1.29, 1.82) is 0 Å². The third kappa shape index (κ3) is 3.18. The summed E-state index contributed by atoms with van der Waals surface area (Å²) in [5, 5.41) is 3.50. The van der Waals surface area contributed by atoms with E-state index in [1.54, 1.807) is 6.20 Å². The highest BCUT2D eigenvalue weighted by atomic mass is 15.1. The van der Waals surface area contributed by atoms with E-state index in [9.17, 15) is 0 Å². The van der Waals surface area contributed by atoms with Crippen molar-refractivity contribution in [3.63, 3.8) is 0 Å². The van der Waals surface area contributed by atoms with Crippen LogP contribution in [0.2, 0.25) is 0 Å². The van der Waals surface area contributed by atoms with Crippen LogP contribution in [0.25, 0.3) is 0 Å². The van der Waals surface area contributed by atoms with Crippen LogP contribution in [-0.2, 0) is 18.5 Å². The van der Waals surface area contributed by atoms with Gasteiger partial charge in [0.15, 0.2) is 0 Å². The molecule has 1 aliphatic heterocycles. The summed E-state index contributed by atoms with van der Waals surface area (Å²) in [5.74, 6) is 2.74. The molecule has 2 N–H and O–H groups in total. The summed E-state index contributed by atoms with van der Waals surface area (Å²) in [7, 11) is 0. The summed E-state index contributed by atoms with van der Waals surface area (Å²) < 4.78 is 2.35. The van der Waals surface area contributed by atoms with Gasteiger partial charge >= 0.3 is 0 Å². The number of fused-ring (bicyclic) bond motifs is 1. The lowest BCUT2D eigenvalue weighted by molar-refractivity contribution is 0.421. The second kappa shape index (κ2) is 5.64. The number of H-pyrrole nitrogens is 1. The van der Waals surface area contributed by atoms with Crippen molar-refractivity contribution < 1.29 is 0 Å². The van der Waals surface area contributed by atoms with Crippen LogP contribution in [-0.4, -0.2) is 26.1 Å². The molecule has 1 aliphatic rings. The molecule has 1 atom stereocenters. The summed E-state index contributed by atoms with van der Waals surface area (Å²) in [5.41, 5.74) is 1.33. The second-order valence-corrected chi connectivity index (χ2v) is 6.93. The minimum atomic E-state index is 0.122. The second-order valence-electron chi connectivity index (χ2n) is 6.93. The molecular weight excluding hydrogens is 262 g/mol. The molecule has 0 aromatic carbocycles. The summed E-state index contributed by atoms with van der Waals surface area (Å²) in [6.45, 7) is 9.53. The average Bonchev–Trinajstić information content (AvgIpc) is 3.06. The van der Waals surface area contributed by atoms with E-state index in [1.165, 1.54) is 24.4 Å².